The number of benzene rings is 2. The second kappa shape index (κ2) is 12.5. The summed E-state index contributed by atoms with van der Waals surface area (Å²) in [5, 5.41) is 2.72. The summed E-state index contributed by atoms with van der Waals surface area (Å²) in [6.45, 7) is 4.27. The maximum Gasteiger partial charge on any atom is 2.00 e. The van der Waals surface area contributed by atoms with Crippen molar-refractivity contribution in [1.29, 1.82) is 0 Å². The summed E-state index contributed by atoms with van der Waals surface area (Å²) in [6, 6.07) is 17.3. The summed E-state index contributed by atoms with van der Waals surface area (Å²) < 4.78 is 0. The van der Waals surface area contributed by atoms with E-state index in [1.54, 1.807) is 0 Å². The van der Waals surface area contributed by atoms with E-state index in [0.29, 0.717) is 0 Å². The van der Waals surface area contributed by atoms with Gasteiger partial charge in [-0.25, -0.2) is 0 Å². The number of hydrogen-bond donors (Lipinski definition) is 0. The Balaban J connectivity index is -0.000000640. The maximum absolute atomic E-state index is 2.24. The fraction of sp³-hybridized carbons (Fsp3) is 0.143. The van der Waals surface area contributed by atoms with Gasteiger partial charge in [0.05, 0.1) is 0 Å². The van der Waals surface area contributed by atoms with Crippen LogP contribution in [0.5, 0.6) is 0 Å². The third-order valence-corrected chi connectivity index (χ3v) is 3.33. The molecule has 0 N–H and O–H groups in total. The predicted octanol–water partition coefficient (Wildman–Crippen LogP) is -6.17. The molecule has 19 heavy (non-hydrogen) atoms. The van der Waals surface area contributed by atoms with E-state index in [-0.39, 0.29) is 66.7 Å². The molecule has 0 spiro atoms. The summed E-state index contributed by atoms with van der Waals surface area (Å²) in [4.78, 5) is 0. The minimum Gasteiger partial charge on any atom is -1.00 e. The summed E-state index contributed by atoms with van der Waals surface area (Å²) >= 11 is 0. The zero-order valence-corrected chi connectivity index (χ0v) is 15.3. The second-order valence-corrected chi connectivity index (χ2v) is 5.05. The molecule has 0 amide bonds. The molecule has 0 saturated carbocycles. The van der Waals surface area contributed by atoms with Crippen LogP contribution in [0.25, 0.3) is 0 Å². The summed E-state index contributed by atoms with van der Waals surface area (Å²) in [7, 11) is 1.29. The first kappa shape index (κ1) is 24.8. The molecule has 0 saturated heterocycles. The number of aryl methyl sites for hydroxylation is 2. The SMILES string of the molecule is Cc1cccc([P-]c2cccc(C)c2)c1.[Cl-].[Cl-].[Li+].[Mg+2]. The molecule has 0 heterocycles. The van der Waals surface area contributed by atoms with Crippen molar-refractivity contribution in [3.8, 4) is 0 Å². The van der Waals surface area contributed by atoms with Crippen molar-refractivity contribution in [2.24, 2.45) is 0 Å². The van der Waals surface area contributed by atoms with Crippen molar-refractivity contribution in [3.05, 3.63) is 59.7 Å². The largest absolute Gasteiger partial charge is 2.00 e. The topological polar surface area (TPSA) is 0 Å². The van der Waals surface area contributed by atoms with Crippen molar-refractivity contribution in [3.63, 3.8) is 0 Å². The van der Waals surface area contributed by atoms with E-state index in [4.69, 9.17) is 0 Å². The zero-order valence-electron chi connectivity index (χ0n) is 11.5. The van der Waals surface area contributed by atoms with Crippen molar-refractivity contribution in [2.45, 2.75) is 13.8 Å². The van der Waals surface area contributed by atoms with Crippen LogP contribution >= 0.6 is 8.58 Å². The first-order valence-electron chi connectivity index (χ1n) is 5.09. The molecule has 0 aliphatic carbocycles. The van der Waals surface area contributed by atoms with E-state index in [9.17, 15) is 0 Å². The smallest absolute Gasteiger partial charge is 1.00 e. The van der Waals surface area contributed by atoms with E-state index < -0.39 is 0 Å². The van der Waals surface area contributed by atoms with E-state index >= 15 is 0 Å². The first-order valence-corrected chi connectivity index (χ1v) is 5.98. The normalized spacial score (nSPS) is 8.11. The predicted molar refractivity (Wildman–Crippen MR) is 74.3 cm³/mol. The Morgan fingerprint density at radius 1 is 0.737 bits per heavy atom. The molecule has 0 aromatic heterocycles. The minimum absolute atomic E-state index is 0. The summed E-state index contributed by atoms with van der Waals surface area (Å²) in [6.07, 6.45) is 0. The maximum atomic E-state index is 2.24. The third kappa shape index (κ3) is 8.64. The Morgan fingerprint density at radius 3 is 1.42 bits per heavy atom. The fourth-order valence-electron chi connectivity index (χ4n) is 1.54. The third-order valence-electron chi connectivity index (χ3n) is 2.26. The van der Waals surface area contributed by atoms with Gasteiger partial charge in [0.2, 0.25) is 0 Å². The van der Waals surface area contributed by atoms with E-state index in [2.05, 4.69) is 62.4 Å². The molecule has 92 valence electrons. The molecular weight excluding hydrogens is 301 g/mol. The van der Waals surface area contributed by atoms with Crippen molar-refractivity contribution < 1.29 is 43.7 Å². The van der Waals surface area contributed by atoms with Crippen LogP contribution < -0.4 is 54.3 Å². The average molecular weight is 315 g/mol. The summed E-state index contributed by atoms with van der Waals surface area (Å²) in [5.41, 5.74) is 2.65. The van der Waals surface area contributed by atoms with Gasteiger partial charge >= 0.3 is 41.9 Å². The van der Waals surface area contributed by atoms with Crippen LogP contribution in [-0.4, -0.2) is 23.1 Å². The van der Waals surface area contributed by atoms with Gasteiger partial charge in [0, 0.05) is 0 Å². The molecule has 0 aliphatic heterocycles. The van der Waals surface area contributed by atoms with Gasteiger partial charge < -0.3 is 33.4 Å². The summed E-state index contributed by atoms with van der Waals surface area (Å²) in [5.74, 6) is 0. The molecule has 0 unspecified atom stereocenters. The van der Waals surface area contributed by atoms with Gasteiger partial charge in [0.25, 0.3) is 0 Å². The number of halogens is 2. The Hall–Kier alpha value is 0.814. The van der Waals surface area contributed by atoms with Crippen molar-refractivity contribution in [1.82, 2.24) is 0 Å². The van der Waals surface area contributed by atoms with E-state index in [0.717, 1.165) is 0 Å². The average Bonchev–Trinajstić information content (AvgIpc) is 2.17. The minimum atomic E-state index is 0. The number of rotatable bonds is 2. The molecule has 2 rings (SSSR count). The Bertz CT molecular complexity index is 437. The molecule has 0 radical (unpaired) electrons. The second-order valence-electron chi connectivity index (χ2n) is 3.79. The first-order chi connectivity index (χ1) is 7.24. The van der Waals surface area contributed by atoms with Crippen molar-refractivity contribution in [2.75, 3.05) is 0 Å². The Kier molecular flexibility index (Phi) is 16.4. The van der Waals surface area contributed by atoms with E-state index in [1.165, 1.54) is 30.3 Å². The fourth-order valence-corrected chi connectivity index (χ4v) is 2.70. The van der Waals surface area contributed by atoms with Gasteiger partial charge in [0.15, 0.2) is 0 Å². The van der Waals surface area contributed by atoms with Crippen LogP contribution in [0.15, 0.2) is 48.5 Å². The van der Waals surface area contributed by atoms with Gasteiger partial charge in [-0.15, -0.1) is 0 Å². The van der Waals surface area contributed by atoms with Crippen molar-refractivity contribution >= 4 is 42.2 Å². The molecule has 0 fully saturated rings. The molecular formula is C14H14Cl2LiMgP. The molecule has 0 atom stereocenters. The Morgan fingerprint density at radius 2 is 1.11 bits per heavy atom. The van der Waals surface area contributed by atoms with Gasteiger partial charge in [-0.05, 0) is 13.8 Å². The quantitative estimate of drug-likeness (QED) is 0.382. The van der Waals surface area contributed by atoms with E-state index in [1.807, 2.05) is 0 Å². The zero-order chi connectivity index (χ0) is 10.7. The van der Waals surface area contributed by atoms with Crippen LogP contribution in [0.4, 0.5) is 0 Å². The van der Waals surface area contributed by atoms with Crippen LogP contribution in [-0.2, 0) is 0 Å². The molecule has 0 aliphatic rings. The number of hydrogen-bond acceptors (Lipinski definition) is 0. The van der Waals surface area contributed by atoms with Gasteiger partial charge in [-0.3, -0.25) is 0 Å². The van der Waals surface area contributed by atoms with Crippen LogP contribution in [0.2, 0.25) is 0 Å². The van der Waals surface area contributed by atoms with Gasteiger partial charge in [-0.2, -0.15) is 10.6 Å². The van der Waals surface area contributed by atoms with Gasteiger partial charge in [0.1, 0.15) is 0 Å². The molecule has 2 aromatic carbocycles. The molecule has 0 bridgehead atoms. The standard InChI is InChI=1S/C14H14P.2ClH.Li.Mg/c1-11-5-3-7-13(9-11)15-14-8-4-6-12(2)10-14;;;;/h3-10H,1-2H3;2*1H;;/q-1;;;+1;+2/p-2. The Labute approximate surface area is 158 Å². The van der Waals surface area contributed by atoms with Crippen LogP contribution in [0.3, 0.4) is 0 Å². The molecule has 5 heteroatoms. The monoisotopic (exact) mass is 314 g/mol. The van der Waals surface area contributed by atoms with Crippen LogP contribution in [0.1, 0.15) is 11.1 Å². The van der Waals surface area contributed by atoms with Gasteiger partial charge in [-0.1, -0.05) is 59.7 Å². The van der Waals surface area contributed by atoms with Crippen LogP contribution in [0, 0.1) is 13.8 Å². The molecule has 2 aromatic rings. The molecule has 0 nitrogen and oxygen atoms in total.